The van der Waals surface area contributed by atoms with Gasteiger partial charge in [0, 0.05) is 11.1 Å². The van der Waals surface area contributed by atoms with E-state index in [4.69, 9.17) is 5.73 Å². The Labute approximate surface area is 117 Å². The van der Waals surface area contributed by atoms with Crippen LogP contribution in [0.4, 0.5) is 5.69 Å². The highest BCUT2D eigenvalue weighted by Gasteiger charge is 2.00. The summed E-state index contributed by atoms with van der Waals surface area (Å²) in [6.45, 7) is 0. The van der Waals surface area contributed by atoms with E-state index < -0.39 is 0 Å². The molecule has 0 bridgehead atoms. The number of nitrogens with two attached hydrogens (primary N) is 1. The van der Waals surface area contributed by atoms with Gasteiger partial charge >= 0.3 is 0 Å². The lowest BCUT2D eigenvalue weighted by Gasteiger charge is -1.94. The van der Waals surface area contributed by atoms with Crippen LogP contribution in [-0.4, -0.2) is 10.2 Å². The molecule has 0 atom stereocenters. The minimum absolute atomic E-state index is 0. The van der Waals surface area contributed by atoms with E-state index in [0.717, 1.165) is 27.8 Å². The first kappa shape index (κ1) is 13.2. The standard InChI is InChI=1S/C15H13N3.ClH/c16-12-8-5-11(6-9-12)7-10-15-13-3-1-2-4-14(13)17-18-15;/h1-10H,16H2,(H,17,18);1H. The van der Waals surface area contributed by atoms with Crippen molar-refractivity contribution in [1.82, 2.24) is 10.2 Å². The van der Waals surface area contributed by atoms with Crippen LogP contribution in [-0.2, 0) is 0 Å². The van der Waals surface area contributed by atoms with Gasteiger partial charge in [-0.15, -0.1) is 12.4 Å². The first-order valence-corrected chi connectivity index (χ1v) is 5.80. The number of halogens is 1. The van der Waals surface area contributed by atoms with Crippen LogP contribution in [0.5, 0.6) is 0 Å². The molecular weight excluding hydrogens is 258 g/mol. The molecule has 4 heteroatoms. The number of nitrogens with zero attached hydrogens (tertiary/aromatic N) is 1. The maximum Gasteiger partial charge on any atom is 0.0927 e. The molecular formula is C15H14ClN3. The summed E-state index contributed by atoms with van der Waals surface area (Å²) in [5, 5.41) is 8.43. The molecule has 0 unspecified atom stereocenters. The van der Waals surface area contributed by atoms with E-state index >= 15 is 0 Å². The van der Waals surface area contributed by atoms with Gasteiger partial charge in [0.2, 0.25) is 0 Å². The number of aromatic amines is 1. The van der Waals surface area contributed by atoms with Gasteiger partial charge in [-0.1, -0.05) is 36.4 Å². The van der Waals surface area contributed by atoms with Gasteiger partial charge in [-0.05, 0) is 29.8 Å². The largest absolute Gasteiger partial charge is 0.399 e. The predicted octanol–water partition coefficient (Wildman–Crippen LogP) is 3.74. The molecule has 0 amide bonds. The van der Waals surface area contributed by atoms with Crippen molar-refractivity contribution in [3.05, 3.63) is 59.8 Å². The zero-order chi connectivity index (χ0) is 12.4. The molecule has 0 saturated heterocycles. The van der Waals surface area contributed by atoms with Crippen LogP contribution in [0.3, 0.4) is 0 Å². The van der Waals surface area contributed by atoms with Crippen LogP contribution >= 0.6 is 12.4 Å². The molecule has 19 heavy (non-hydrogen) atoms. The Bertz CT molecular complexity index is 699. The molecule has 2 aromatic carbocycles. The lowest BCUT2D eigenvalue weighted by atomic mass is 10.1. The van der Waals surface area contributed by atoms with Gasteiger partial charge in [0.05, 0.1) is 11.2 Å². The van der Waals surface area contributed by atoms with Crippen molar-refractivity contribution in [2.75, 3.05) is 5.73 Å². The van der Waals surface area contributed by atoms with Crippen molar-refractivity contribution in [2.24, 2.45) is 0 Å². The van der Waals surface area contributed by atoms with Crippen LogP contribution in [0.25, 0.3) is 23.1 Å². The molecule has 0 radical (unpaired) electrons. The monoisotopic (exact) mass is 271 g/mol. The van der Waals surface area contributed by atoms with E-state index in [-0.39, 0.29) is 12.4 Å². The smallest absolute Gasteiger partial charge is 0.0927 e. The van der Waals surface area contributed by atoms with Crippen molar-refractivity contribution in [1.29, 1.82) is 0 Å². The van der Waals surface area contributed by atoms with E-state index in [1.165, 1.54) is 0 Å². The number of hydrogen-bond donors (Lipinski definition) is 2. The van der Waals surface area contributed by atoms with Crippen molar-refractivity contribution in [3.63, 3.8) is 0 Å². The summed E-state index contributed by atoms with van der Waals surface area (Å²) >= 11 is 0. The quantitative estimate of drug-likeness (QED) is 0.698. The number of benzene rings is 2. The zero-order valence-electron chi connectivity index (χ0n) is 10.2. The highest BCUT2D eigenvalue weighted by atomic mass is 35.5. The highest BCUT2D eigenvalue weighted by molar-refractivity contribution is 5.89. The predicted molar refractivity (Wildman–Crippen MR) is 83.1 cm³/mol. The second-order valence-electron chi connectivity index (χ2n) is 4.15. The Balaban J connectivity index is 0.00000133. The number of nitrogen functional groups attached to an aromatic ring is 1. The Morgan fingerprint density at radius 3 is 2.47 bits per heavy atom. The Morgan fingerprint density at radius 2 is 1.68 bits per heavy atom. The molecule has 0 aliphatic heterocycles. The lowest BCUT2D eigenvalue weighted by Crippen LogP contribution is -1.82. The van der Waals surface area contributed by atoms with Crippen molar-refractivity contribution in [2.45, 2.75) is 0 Å². The molecule has 0 saturated carbocycles. The maximum atomic E-state index is 5.65. The molecule has 0 fully saturated rings. The molecule has 3 nitrogen and oxygen atoms in total. The van der Waals surface area contributed by atoms with Gasteiger partial charge in [-0.25, -0.2) is 0 Å². The summed E-state index contributed by atoms with van der Waals surface area (Å²) in [5.41, 5.74) is 9.53. The number of anilines is 1. The number of hydrogen-bond acceptors (Lipinski definition) is 2. The van der Waals surface area contributed by atoms with Crippen molar-refractivity contribution in [3.8, 4) is 0 Å². The summed E-state index contributed by atoms with van der Waals surface area (Å²) in [6, 6.07) is 15.8. The van der Waals surface area contributed by atoms with E-state index in [1.54, 1.807) is 0 Å². The highest BCUT2D eigenvalue weighted by Crippen LogP contribution is 2.17. The number of fused-ring (bicyclic) bond motifs is 1. The first-order chi connectivity index (χ1) is 8.83. The van der Waals surface area contributed by atoms with Crippen LogP contribution in [0.2, 0.25) is 0 Å². The summed E-state index contributed by atoms with van der Waals surface area (Å²) in [5.74, 6) is 0. The average Bonchev–Trinajstić information content (AvgIpc) is 2.82. The molecule has 1 heterocycles. The third-order valence-electron chi connectivity index (χ3n) is 2.87. The van der Waals surface area contributed by atoms with Gasteiger partial charge in [-0.2, -0.15) is 5.10 Å². The second-order valence-corrected chi connectivity index (χ2v) is 4.15. The molecule has 0 aliphatic rings. The normalized spacial score (nSPS) is 10.7. The fourth-order valence-electron chi connectivity index (χ4n) is 1.89. The molecule has 3 rings (SSSR count). The second kappa shape index (κ2) is 5.59. The molecule has 0 aliphatic carbocycles. The van der Waals surface area contributed by atoms with E-state index in [9.17, 15) is 0 Å². The van der Waals surface area contributed by atoms with E-state index in [0.29, 0.717) is 0 Å². The molecule has 1 aromatic heterocycles. The SMILES string of the molecule is Cl.Nc1ccc(C=Cc2n[nH]c3ccccc23)cc1. The summed E-state index contributed by atoms with van der Waals surface area (Å²) in [7, 11) is 0. The molecule has 0 spiro atoms. The van der Waals surface area contributed by atoms with Crippen molar-refractivity contribution < 1.29 is 0 Å². The Morgan fingerprint density at radius 1 is 0.947 bits per heavy atom. The number of rotatable bonds is 2. The first-order valence-electron chi connectivity index (χ1n) is 5.80. The van der Waals surface area contributed by atoms with Gasteiger partial charge in [0.15, 0.2) is 0 Å². The third-order valence-corrected chi connectivity index (χ3v) is 2.87. The molecule has 96 valence electrons. The number of aromatic nitrogens is 2. The van der Waals surface area contributed by atoms with Crippen LogP contribution < -0.4 is 5.73 Å². The Hall–Kier alpha value is -2.26. The average molecular weight is 272 g/mol. The van der Waals surface area contributed by atoms with E-state index in [1.807, 2.05) is 54.6 Å². The van der Waals surface area contributed by atoms with Crippen molar-refractivity contribution >= 4 is 41.1 Å². The number of para-hydroxylation sites is 1. The van der Waals surface area contributed by atoms with Gasteiger partial charge in [0.25, 0.3) is 0 Å². The Kier molecular flexibility index (Phi) is 3.88. The minimum atomic E-state index is 0. The fourth-order valence-corrected chi connectivity index (χ4v) is 1.89. The zero-order valence-corrected chi connectivity index (χ0v) is 11.0. The number of H-pyrrole nitrogens is 1. The van der Waals surface area contributed by atoms with Crippen LogP contribution in [0.15, 0.2) is 48.5 Å². The summed E-state index contributed by atoms with van der Waals surface area (Å²) in [4.78, 5) is 0. The third kappa shape index (κ3) is 2.77. The minimum Gasteiger partial charge on any atom is -0.399 e. The van der Waals surface area contributed by atoms with Gasteiger partial charge in [-0.3, -0.25) is 5.10 Å². The van der Waals surface area contributed by atoms with E-state index in [2.05, 4.69) is 16.3 Å². The topological polar surface area (TPSA) is 54.7 Å². The van der Waals surface area contributed by atoms with Crippen LogP contribution in [0.1, 0.15) is 11.3 Å². The fraction of sp³-hybridized carbons (Fsp3) is 0. The molecule has 3 aromatic rings. The summed E-state index contributed by atoms with van der Waals surface area (Å²) in [6.07, 6.45) is 4.03. The van der Waals surface area contributed by atoms with Gasteiger partial charge in [0.1, 0.15) is 0 Å². The van der Waals surface area contributed by atoms with Crippen LogP contribution in [0, 0.1) is 0 Å². The maximum absolute atomic E-state index is 5.65. The molecule has 3 N–H and O–H groups in total. The lowest BCUT2D eigenvalue weighted by molar-refractivity contribution is 1.11. The van der Waals surface area contributed by atoms with Gasteiger partial charge < -0.3 is 5.73 Å². The summed E-state index contributed by atoms with van der Waals surface area (Å²) < 4.78 is 0. The number of nitrogens with one attached hydrogen (secondary N) is 1.